The van der Waals surface area contributed by atoms with E-state index < -0.39 is 127 Å². The number of phenolic OH excluding ortho intramolecular Hbond substituents is 3. The maximum atomic E-state index is 14.0. The average Bonchev–Trinajstić information content (AvgIpc) is 3.10. The summed E-state index contributed by atoms with van der Waals surface area (Å²) in [5, 5.41) is 115. The molecule has 11 N–H and O–H groups in total. The number of hydrogen-bond acceptors (Lipinski definition) is 19. The third-order valence-electron chi connectivity index (χ3n) is 9.26. The van der Waals surface area contributed by atoms with Gasteiger partial charge < -0.3 is 89.0 Å². The number of aliphatic hydroxyl groups is 8. The molecule has 2 aromatic carbocycles. The van der Waals surface area contributed by atoms with E-state index in [1.165, 1.54) is 38.1 Å². The number of hydrogen-bond donors (Lipinski definition) is 11. The molecule has 1 aromatic heterocycles. The van der Waals surface area contributed by atoms with E-state index in [1.54, 1.807) is 0 Å². The molecule has 0 aliphatic carbocycles. The van der Waals surface area contributed by atoms with Crippen LogP contribution in [0.1, 0.15) is 13.8 Å². The van der Waals surface area contributed by atoms with Crippen LogP contribution in [0.3, 0.4) is 0 Å². The molecular formula is C33H40O19. The van der Waals surface area contributed by atoms with Gasteiger partial charge in [-0.2, -0.15) is 0 Å². The summed E-state index contributed by atoms with van der Waals surface area (Å²) in [7, 11) is 0. The Morgan fingerprint density at radius 2 is 1.25 bits per heavy atom. The van der Waals surface area contributed by atoms with Gasteiger partial charge in [-0.05, 0) is 38.1 Å². The molecule has 0 saturated carbocycles. The largest absolute Gasteiger partial charge is 0.508 e. The lowest BCUT2D eigenvalue weighted by atomic mass is 9.97. The smallest absolute Gasteiger partial charge is 0.239 e. The molecule has 4 heterocycles. The summed E-state index contributed by atoms with van der Waals surface area (Å²) in [6, 6.07) is 7.16. The van der Waals surface area contributed by atoms with Gasteiger partial charge in [0, 0.05) is 17.7 Å². The Kier molecular flexibility index (Phi) is 11.0. The van der Waals surface area contributed by atoms with Crippen molar-refractivity contribution in [2.75, 3.05) is 6.61 Å². The Labute approximate surface area is 293 Å². The Morgan fingerprint density at radius 1 is 0.654 bits per heavy atom. The van der Waals surface area contributed by atoms with Gasteiger partial charge in [0.25, 0.3) is 0 Å². The SMILES string of the molecule is C[C@@H]1O[C@@H](OCC2OC(Oc3c(-c4ccc(O)cc4)oc4cc(O)cc(O)c4c3=O)C(O[C@@H]3O[C@@H](C)[C@H](O)[C@@H](O)[C@H]3O)C(O)C2O)[C@H](O)[C@H](O)[C@H]1O. The molecule has 0 amide bonds. The first-order valence-corrected chi connectivity index (χ1v) is 16.2. The third-order valence-corrected chi connectivity index (χ3v) is 9.26. The van der Waals surface area contributed by atoms with Crippen LogP contribution in [0.5, 0.6) is 23.0 Å². The highest BCUT2D eigenvalue weighted by molar-refractivity contribution is 5.88. The van der Waals surface area contributed by atoms with E-state index in [9.17, 15) is 61.0 Å². The van der Waals surface area contributed by atoms with Crippen molar-refractivity contribution < 1.29 is 89.0 Å². The molecule has 3 aromatic rings. The summed E-state index contributed by atoms with van der Waals surface area (Å²) < 4.78 is 40.3. The van der Waals surface area contributed by atoms with Crippen LogP contribution < -0.4 is 10.2 Å². The van der Waals surface area contributed by atoms with Crippen molar-refractivity contribution in [2.24, 2.45) is 0 Å². The molecule has 6 rings (SSSR count). The van der Waals surface area contributed by atoms with Crippen LogP contribution in [0.15, 0.2) is 45.6 Å². The standard InChI is InChI=1S/C33H40O19/c1-10-19(37)23(41)26(44)31(47-10)46-9-17-21(39)25(43)30(52-32-27(45)24(42)20(38)11(2)48-32)33(50-17)51-29-22(40)18-15(36)7-14(35)8-16(18)49-28(29)12-3-5-13(34)6-4-12/h3-8,10-11,17,19-21,23-27,30-39,41-45H,9H2,1-2H3/t10-,11-,17?,19-,20-,21?,23+,24+,25?,26+,27+,30?,31+,32-,33?/m0/s1. The number of aliphatic hydroxyl groups excluding tert-OH is 8. The predicted octanol–water partition coefficient (Wildman–Crippen LogP) is -2.54. The van der Waals surface area contributed by atoms with Crippen molar-refractivity contribution >= 4 is 11.0 Å². The molecule has 286 valence electrons. The zero-order chi connectivity index (χ0) is 37.8. The molecule has 0 bridgehead atoms. The molecule has 19 heteroatoms. The first-order chi connectivity index (χ1) is 24.6. The maximum Gasteiger partial charge on any atom is 0.239 e. The van der Waals surface area contributed by atoms with Crippen LogP contribution in [0.4, 0.5) is 0 Å². The van der Waals surface area contributed by atoms with E-state index in [1.807, 2.05) is 0 Å². The highest BCUT2D eigenvalue weighted by Crippen LogP contribution is 2.38. The fourth-order valence-corrected chi connectivity index (χ4v) is 6.20. The summed E-state index contributed by atoms with van der Waals surface area (Å²) in [5.74, 6) is -2.27. The van der Waals surface area contributed by atoms with Crippen LogP contribution in [-0.2, 0) is 23.7 Å². The number of phenols is 3. The van der Waals surface area contributed by atoms with Crippen LogP contribution >= 0.6 is 0 Å². The molecule has 3 fully saturated rings. The van der Waals surface area contributed by atoms with Gasteiger partial charge in [0.1, 0.15) is 83.2 Å². The van der Waals surface area contributed by atoms with Crippen molar-refractivity contribution in [3.8, 4) is 34.3 Å². The van der Waals surface area contributed by atoms with E-state index >= 15 is 0 Å². The topological polar surface area (TPSA) is 308 Å². The minimum absolute atomic E-state index is 0.138. The van der Waals surface area contributed by atoms with Gasteiger partial charge >= 0.3 is 0 Å². The zero-order valence-electron chi connectivity index (χ0n) is 27.5. The first kappa shape index (κ1) is 38.1. The van der Waals surface area contributed by atoms with Crippen molar-refractivity contribution in [2.45, 2.75) is 106 Å². The Hall–Kier alpha value is -3.67. The second kappa shape index (κ2) is 15.0. The lowest BCUT2D eigenvalue weighted by Crippen LogP contribution is -2.65. The van der Waals surface area contributed by atoms with E-state index in [4.69, 9.17) is 32.8 Å². The van der Waals surface area contributed by atoms with Crippen LogP contribution in [-0.4, -0.2) is 155 Å². The van der Waals surface area contributed by atoms with Gasteiger partial charge in [-0.25, -0.2) is 0 Å². The second-order valence-corrected chi connectivity index (χ2v) is 12.9. The van der Waals surface area contributed by atoms with Crippen molar-refractivity contribution in [1.29, 1.82) is 0 Å². The highest BCUT2D eigenvalue weighted by atomic mass is 16.8. The Balaban J connectivity index is 1.38. The van der Waals surface area contributed by atoms with Crippen LogP contribution in [0.25, 0.3) is 22.3 Å². The van der Waals surface area contributed by atoms with E-state index in [2.05, 4.69) is 0 Å². The minimum Gasteiger partial charge on any atom is -0.508 e. The van der Waals surface area contributed by atoms with E-state index in [0.29, 0.717) is 0 Å². The lowest BCUT2D eigenvalue weighted by Gasteiger charge is -2.46. The lowest BCUT2D eigenvalue weighted by molar-refractivity contribution is -0.360. The zero-order valence-corrected chi connectivity index (χ0v) is 27.5. The molecule has 3 saturated heterocycles. The van der Waals surface area contributed by atoms with Gasteiger partial charge in [-0.1, -0.05) is 0 Å². The molecule has 3 aliphatic heterocycles. The van der Waals surface area contributed by atoms with Crippen molar-refractivity contribution in [1.82, 2.24) is 0 Å². The monoisotopic (exact) mass is 740 g/mol. The molecule has 19 nitrogen and oxygen atoms in total. The molecule has 52 heavy (non-hydrogen) atoms. The molecular weight excluding hydrogens is 700 g/mol. The van der Waals surface area contributed by atoms with Crippen molar-refractivity contribution in [3.05, 3.63) is 46.6 Å². The number of ether oxygens (including phenoxy) is 6. The fraction of sp³-hybridized carbons (Fsp3) is 0.545. The summed E-state index contributed by atoms with van der Waals surface area (Å²) in [5.41, 5.74) is -1.15. The number of rotatable bonds is 8. The normalized spacial score (nSPS) is 38.3. The van der Waals surface area contributed by atoms with Gasteiger partial charge in [0.2, 0.25) is 17.5 Å². The van der Waals surface area contributed by atoms with E-state index in [-0.39, 0.29) is 22.7 Å². The summed E-state index contributed by atoms with van der Waals surface area (Å²) in [4.78, 5) is 14.0. The van der Waals surface area contributed by atoms with Crippen LogP contribution in [0, 0.1) is 0 Å². The summed E-state index contributed by atoms with van der Waals surface area (Å²) in [6.45, 7) is 2.12. The summed E-state index contributed by atoms with van der Waals surface area (Å²) >= 11 is 0. The molecule has 0 spiro atoms. The van der Waals surface area contributed by atoms with Gasteiger partial charge in [0.15, 0.2) is 24.4 Å². The van der Waals surface area contributed by atoms with Gasteiger partial charge in [0.05, 0.1) is 18.8 Å². The molecule has 15 atom stereocenters. The Bertz CT molecular complexity index is 1760. The third kappa shape index (κ3) is 7.16. The second-order valence-electron chi connectivity index (χ2n) is 12.9. The first-order valence-electron chi connectivity index (χ1n) is 16.2. The molecule has 0 radical (unpaired) electrons. The maximum absolute atomic E-state index is 14.0. The van der Waals surface area contributed by atoms with E-state index in [0.717, 1.165) is 12.1 Å². The number of fused-ring (bicyclic) bond motifs is 1. The van der Waals surface area contributed by atoms with Crippen molar-refractivity contribution in [3.63, 3.8) is 0 Å². The average molecular weight is 741 g/mol. The fourth-order valence-electron chi connectivity index (χ4n) is 6.20. The predicted molar refractivity (Wildman–Crippen MR) is 170 cm³/mol. The molecule has 5 unspecified atom stereocenters. The Morgan fingerprint density at radius 3 is 1.88 bits per heavy atom. The minimum atomic E-state index is -2.00. The molecule has 3 aliphatic rings. The number of benzene rings is 2. The van der Waals surface area contributed by atoms with Gasteiger partial charge in [-0.3, -0.25) is 4.79 Å². The van der Waals surface area contributed by atoms with Gasteiger partial charge in [-0.15, -0.1) is 0 Å². The quantitative estimate of drug-likeness (QED) is 0.113. The highest BCUT2D eigenvalue weighted by Gasteiger charge is 2.52. The summed E-state index contributed by atoms with van der Waals surface area (Å²) in [6.07, 6.45) is -24.7. The number of aromatic hydroxyl groups is 3. The van der Waals surface area contributed by atoms with Crippen LogP contribution in [0.2, 0.25) is 0 Å².